The minimum atomic E-state index is 0.442. The molecule has 0 amide bonds. The molecule has 0 saturated carbocycles. The maximum atomic E-state index is 4.85. The Morgan fingerprint density at radius 2 is 1.70 bits per heavy atom. The summed E-state index contributed by atoms with van der Waals surface area (Å²) in [5.41, 5.74) is 1.87. The molecule has 3 heteroatoms. The molecule has 10 heavy (non-hydrogen) atoms. The first-order valence-electron chi connectivity index (χ1n) is 3.08. The van der Waals surface area contributed by atoms with Crippen molar-refractivity contribution in [3.05, 3.63) is 17.5 Å². The molecule has 0 atom stereocenters. The second kappa shape index (κ2) is 2.64. The molecular formula is C7H10N2O. The van der Waals surface area contributed by atoms with Gasteiger partial charge < -0.3 is 4.74 Å². The van der Waals surface area contributed by atoms with Gasteiger partial charge in [-0.15, -0.1) is 0 Å². The van der Waals surface area contributed by atoms with Gasteiger partial charge in [-0.3, -0.25) is 0 Å². The van der Waals surface area contributed by atoms with Crippen LogP contribution in [0.3, 0.4) is 0 Å². The lowest BCUT2D eigenvalue weighted by Crippen LogP contribution is -1.95. The largest absolute Gasteiger partial charge is 0.467 e. The van der Waals surface area contributed by atoms with Gasteiger partial charge in [-0.25, -0.2) is 9.97 Å². The third-order valence-corrected chi connectivity index (χ3v) is 1.14. The van der Waals surface area contributed by atoms with Crippen LogP contribution in [0.15, 0.2) is 6.07 Å². The molecule has 0 aliphatic rings. The van der Waals surface area contributed by atoms with E-state index in [0.29, 0.717) is 6.01 Å². The van der Waals surface area contributed by atoms with E-state index in [9.17, 15) is 0 Å². The van der Waals surface area contributed by atoms with E-state index in [4.69, 9.17) is 4.74 Å². The minimum Gasteiger partial charge on any atom is -0.467 e. The summed E-state index contributed by atoms with van der Waals surface area (Å²) in [6, 6.07) is 2.35. The highest BCUT2D eigenvalue weighted by Gasteiger charge is 1.95. The highest BCUT2D eigenvalue weighted by Crippen LogP contribution is 2.03. The molecule has 0 saturated heterocycles. The molecule has 0 aromatic carbocycles. The van der Waals surface area contributed by atoms with Gasteiger partial charge in [0.15, 0.2) is 0 Å². The predicted octanol–water partition coefficient (Wildman–Crippen LogP) is 1.10. The SMILES string of the molecule is COc1nc(C)cc(C)n1. The van der Waals surface area contributed by atoms with Crippen LogP contribution >= 0.6 is 0 Å². The molecule has 0 bridgehead atoms. The number of rotatable bonds is 1. The Morgan fingerprint density at radius 3 is 2.10 bits per heavy atom. The molecular weight excluding hydrogens is 128 g/mol. The van der Waals surface area contributed by atoms with Crippen LogP contribution in [-0.2, 0) is 0 Å². The van der Waals surface area contributed by atoms with Gasteiger partial charge in [0.1, 0.15) is 0 Å². The molecule has 54 valence electrons. The zero-order chi connectivity index (χ0) is 7.56. The average Bonchev–Trinajstić information content (AvgIpc) is 1.85. The van der Waals surface area contributed by atoms with Gasteiger partial charge in [0.05, 0.1) is 7.11 Å². The van der Waals surface area contributed by atoms with Crippen LogP contribution in [0.1, 0.15) is 11.4 Å². The maximum absolute atomic E-state index is 4.85. The number of hydrogen-bond acceptors (Lipinski definition) is 3. The highest BCUT2D eigenvalue weighted by atomic mass is 16.5. The van der Waals surface area contributed by atoms with Crippen molar-refractivity contribution < 1.29 is 4.74 Å². The van der Waals surface area contributed by atoms with Gasteiger partial charge >= 0.3 is 6.01 Å². The Labute approximate surface area is 60.1 Å². The number of methoxy groups -OCH3 is 1. The van der Waals surface area contributed by atoms with Gasteiger partial charge in [-0.05, 0) is 19.9 Å². The van der Waals surface area contributed by atoms with Crippen molar-refractivity contribution >= 4 is 0 Å². The molecule has 1 heterocycles. The number of nitrogens with zero attached hydrogens (tertiary/aromatic N) is 2. The molecule has 0 aliphatic carbocycles. The number of aryl methyl sites for hydroxylation is 2. The summed E-state index contributed by atoms with van der Waals surface area (Å²) >= 11 is 0. The smallest absolute Gasteiger partial charge is 0.316 e. The van der Waals surface area contributed by atoms with Crippen LogP contribution in [0, 0.1) is 13.8 Å². The summed E-state index contributed by atoms with van der Waals surface area (Å²) in [5, 5.41) is 0. The maximum Gasteiger partial charge on any atom is 0.316 e. The first kappa shape index (κ1) is 6.99. The van der Waals surface area contributed by atoms with Gasteiger partial charge in [0.2, 0.25) is 0 Å². The molecule has 1 aromatic heterocycles. The quantitative estimate of drug-likeness (QED) is 0.583. The molecule has 0 fully saturated rings. The van der Waals surface area contributed by atoms with E-state index in [-0.39, 0.29) is 0 Å². The highest BCUT2D eigenvalue weighted by molar-refractivity contribution is 5.10. The van der Waals surface area contributed by atoms with Crippen molar-refractivity contribution in [3.63, 3.8) is 0 Å². The van der Waals surface area contributed by atoms with E-state index in [0.717, 1.165) is 11.4 Å². The van der Waals surface area contributed by atoms with Crippen molar-refractivity contribution in [2.75, 3.05) is 7.11 Å². The van der Waals surface area contributed by atoms with E-state index in [1.54, 1.807) is 7.11 Å². The normalized spacial score (nSPS) is 9.50. The van der Waals surface area contributed by atoms with E-state index in [1.807, 2.05) is 19.9 Å². The van der Waals surface area contributed by atoms with Crippen LogP contribution in [0.5, 0.6) is 6.01 Å². The number of hydrogen-bond donors (Lipinski definition) is 0. The van der Waals surface area contributed by atoms with Crippen LogP contribution in [-0.4, -0.2) is 17.1 Å². The third-order valence-electron chi connectivity index (χ3n) is 1.14. The van der Waals surface area contributed by atoms with Gasteiger partial charge in [-0.2, -0.15) is 0 Å². The summed E-state index contributed by atoms with van der Waals surface area (Å²) in [7, 11) is 1.56. The Kier molecular flexibility index (Phi) is 1.85. The fraction of sp³-hybridized carbons (Fsp3) is 0.429. The van der Waals surface area contributed by atoms with Gasteiger partial charge in [0, 0.05) is 11.4 Å². The zero-order valence-corrected chi connectivity index (χ0v) is 6.38. The average molecular weight is 138 g/mol. The lowest BCUT2D eigenvalue weighted by atomic mass is 10.4. The molecule has 1 rings (SSSR count). The predicted molar refractivity (Wildman–Crippen MR) is 38.1 cm³/mol. The lowest BCUT2D eigenvalue weighted by Gasteiger charge is -1.99. The van der Waals surface area contributed by atoms with Gasteiger partial charge in [0.25, 0.3) is 0 Å². The van der Waals surface area contributed by atoms with Crippen LogP contribution in [0.2, 0.25) is 0 Å². The van der Waals surface area contributed by atoms with Gasteiger partial charge in [-0.1, -0.05) is 0 Å². The van der Waals surface area contributed by atoms with Crippen LogP contribution in [0.25, 0.3) is 0 Å². The summed E-state index contributed by atoms with van der Waals surface area (Å²) in [6.45, 7) is 3.83. The molecule has 0 unspecified atom stereocenters. The molecule has 0 spiro atoms. The molecule has 0 N–H and O–H groups in total. The third kappa shape index (κ3) is 1.43. The van der Waals surface area contributed by atoms with E-state index < -0.39 is 0 Å². The summed E-state index contributed by atoms with van der Waals surface area (Å²) < 4.78 is 4.85. The lowest BCUT2D eigenvalue weighted by molar-refractivity contribution is 0.377. The Balaban J connectivity index is 3.06. The summed E-state index contributed by atoms with van der Waals surface area (Å²) in [6.07, 6.45) is 0. The standard InChI is InChI=1S/C7H10N2O/c1-5-4-6(2)9-7(8-5)10-3/h4H,1-3H3. The topological polar surface area (TPSA) is 35.0 Å². The van der Waals surface area contributed by atoms with Crippen LogP contribution < -0.4 is 4.74 Å². The second-order valence-electron chi connectivity index (χ2n) is 2.14. The monoisotopic (exact) mass is 138 g/mol. The van der Waals surface area contributed by atoms with Crippen molar-refractivity contribution in [1.82, 2.24) is 9.97 Å². The van der Waals surface area contributed by atoms with Crippen LogP contribution in [0.4, 0.5) is 0 Å². The van der Waals surface area contributed by atoms with Crippen molar-refractivity contribution in [3.8, 4) is 6.01 Å². The number of ether oxygens (including phenoxy) is 1. The molecule has 1 aromatic rings. The summed E-state index contributed by atoms with van der Waals surface area (Å²) in [5.74, 6) is 0. The van der Waals surface area contributed by atoms with E-state index in [2.05, 4.69) is 9.97 Å². The second-order valence-corrected chi connectivity index (χ2v) is 2.14. The van der Waals surface area contributed by atoms with Crippen molar-refractivity contribution in [1.29, 1.82) is 0 Å². The number of aromatic nitrogens is 2. The van der Waals surface area contributed by atoms with Crippen molar-refractivity contribution in [2.45, 2.75) is 13.8 Å². The minimum absolute atomic E-state index is 0.442. The molecule has 3 nitrogen and oxygen atoms in total. The van der Waals surface area contributed by atoms with E-state index >= 15 is 0 Å². The van der Waals surface area contributed by atoms with E-state index in [1.165, 1.54) is 0 Å². The summed E-state index contributed by atoms with van der Waals surface area (Å²) in [4.78, 5) is 8.04. The Bertz CT molecular complexity index is 215. The molecule has 0 radical (unpaired) electrons. The fourth-order valence-electron chi connectivity index (χ4n) is 0.785. The fourth-order valence-corrected chi connectivity index (χ4v) is 0.785. The first-order valence-corrected chi connectivity index (χ1v) is 3.08. The Morgan fingerprint density at radius 1 is 1.20 bits per heavy atom. The zero-order valence-electron chi connectivity index (χ0n) is 6.38. The molecule has 0 aliphatic heterocycles. The first-order chi connectivity index (χ1) is 4.72. The Hall–Kier alpha value is -1.12. The van der Waals surface area contributed by atoms with Crippen molar-refractivity contribution in [2.24, 2.45) is 0 Å².